The molecule has 1 atom stereocenters. The number of nitrogens with one attached hydrogen (secondary N) is 3. The lowest BCUT2D eigenvalue weighted by molar-refractivity contribution is 0.148. The number of hydrogen-bond donors (Lipinski definition) is 3. The molecule has 0 bridgehead atoms. The van der Waals surface area contributed by atoms with Crippen LogP contribution in [0.5, 0.6) is 0 Å². The predicted molar refractivity (Wildman–Crippen MR) is 94.1 cm³/mol. The minimum absolute atomic E-state index is 0.0946. The standard InChI is InChI=1S/C18H21N3O3/c1-2-14(19-17(22)20-15-9-5-3-6-10-15)13-24-18(23)21-16-11-7-4-8-12-16/h3-12,14H,2,13H2,1H3,(H,21,23)(H2,19,20,22)/t14-/m0/s1. The summed E-state index contributed by atoms with van der Waals surface area (Å²) in [6.45, 7) is 2.00. The number of hydrogen-bond acceptors (Lipinski definition) is 3. The Morgan fingerprint density at radius 2 is 1.46 bits per heavy atom. The summed E-state index contributed by atoms with van der Waals surface area (Å²) in [5.74, 6) is 0. The van der Waals surface area contributed by atoms with Crippen molar-refractivity contribution in [2.45, 2.75) is 19.4 Å². The lowest BCUT2D eigenvalue weighted by Crippen LogP contribution is -2.41. The minimum Gasteiger partial charge on any atom is -0.447 e. The summed E-state index contributed by atoms with van der Waals surface area (Å²) in [6.07, 6.45) is 0.0887. The molecule has 0 heterocycles. The third kappa shape index (κ3) is 6.00. The summed E-state index contributed by atoms with van der Waals surface area (Å²) < 4.78 is 5.16. The molecule has 3 N–H and O–H groups in total. The molecule has 2 rings (SSSR count). The van der Waals surface area contributed by atoms with Crippen LogP contribution in [0.4, 0.5) is 21.0 Å². The summed E-state index contributed by atoms with van der Waals surface area (Å²) in [6, 6.07) is 17.6. The van der Waals surface area contributed by atoms with Crippen LogP contribution in [-0.4, -0.2) is 24.8 Å². The van der Waals surface area contributed by atoms with Crippen molar-refractivity contribution < 1.29 is 14.3 Å². The molecule has 3 amide bonds. The molecule has 126 valence electrons. The lowest BCUT2D eigenvalue weighted by atomic mass is 10.2. The zero-order valence-electron chi connectivity index (χ0n) is 13.5. The molecule has 0 radical (unpaired) electrons. The predicted octanol–water partition coefficient (Wildman–Crippen LogP) is 3.84. The summed E-state index contributed by atoms with van der Waals surface area (Å²) in [4.78, 5) is 23.7. The Balaban J connectivity index is 1.75. The van der Waals surface area contributed by atoms with Crippen LogP contribution in [0.15, 0.2) is 60.7 Å². The molecule has 2 aromatic carbocycles. The van der Waals surface area contributed by atoms with Crippen molar-refractivity contribution in [2.75, 3.05) is 17.2 Å². The van der Waals surface area contributed by atoms with Gasteiger partial charge in [0.15, 0.2) is 0 Å². The van der Waals surface area contributed by atoms with E-state index in [4.69, 9.17) is 4.74 Å². The molecule has 0 saturated carbocycles. The van der Waals surface area contributed by atoms with E-state index in [0.29, 0.717) is 17.8 Å². The van der Waals surface area contributed by atoms with Crippen molar-refractivity contribution in [3.63, 3.8) is 0 Å². The van der Waals surface area contributed by atoms with Gasteiger partial charge in [-0.15, -0.1) is 0 Å². The number of carbonyl (C=O) groups is 2. The third-order valence-electron chi connectivity index (χ3n) is 3.30. The van der Waals surface area contributed by atoms with Crippen LogP contribution >= 0.6 is 0 Å². The maximum atomic E-state index is 11.9. The van der Waals surface area contributed by atoms with Gasteiger partial charge in [-0.1, -0.05) is 43.3 Å². The fourth-order valence-electron chi connectivity index (χ4n) is 1.99. The maximum absolute atomic E-state index is 11.9. The van der Waals surface area contributed by atoms with E-state index in [0.717, 1.165) is 0 Å². The van der Waals surface area contributed by atoms with Crippen LogP contribution in [0, 0.1) is 0 Å². The van der Waals surface area contributed by atoms with Gasteiger partial charge in [0.1, 0.15) is 6.61 Å². The van der Waals surface area contributed by atoms with E-state index in [1.165, 1.54) is 0 Å². The highest BCUT2D eigenvalue weighted by atomic mass is 16.5. The van der Waals surface area contributed by atoms with Gasteiger partial charge < -0.3 is 15.4 Å². The van der Waals surface area contributed by atoms with Crippen molar-refractivity contribution in [2.24, 2.45) is 0 Å². The first-order valence-corrected chi connectivity index (χ1v) is 7.78. The van der Waals surface area contributed by atoms with E-state index in [2.05, 4.69) is 16.0 Å². The van der Waals surface area contributed by atoms with Crippen LogP contribution in [0.1, 0.15) is 13.3 Å². The van der Waals surface area contributed by atoms with Gasteiger partial charge in [0.2, 0.25) is 0 Å². The van der Waals surface area contributed by atoms with E-state index in [9.17, 15) is 9.59 Å². The van der Waals surface area contributed by atoms with Gasteiger partial charge in [0.05, 0.1) is 6.04 Å². The summed E-state index contributed by atoms with van der Waals surface area (Å²) >= 11 is 0. The number of amides is 3. The molecule has 24 heavy (non-hydrogen) atoms. The van der Waals surface area contributed by atoms with E-state index in [-0.39, 0.29) is 18.7 Å². The topological polar surface area (TPSA) is 79.5 Å². The van der Waals surface area contributed by atoms with Gasteiger partial charge in [-0.2, -0.15) is 0 Å². The first kappa shape index (κ1) is 17.3. The van der Waals surface area contributed by atoms with Crippen molar-refractivity contribution in [1.82, 2.24) is 5.32 Å². The van der Waals surface area contributed by atoms with Crippen LogP contribution in [-0.2, 0) is 4.74 Å². The molecule has 6 heteroatoms. The molecule has 6 nitrogen and oxygen atoms in total. The van der Waals surface area contributed by atoms with Crippen LogP contribution in [0.2, 0.25) is 0 Å². The fourth-order valence-corrected chi connectivity index (χ4v) is 1.99. The monoisotopic (exact) mass is 327 g/mol. The van der Waals surface area contributed by atoms with Crippen molar-refractivity contribution in [1.29, 1.82) is 0 Å². The van der Waals surface area contributed by atoms with Crippen LogP contribution in [0.25, 0.3) is 0 Å². The third-order valence-corrected chi connectivity index (χ3v) is 3.30. The highest BCUT2D eigenvalue weighted by Gasteiger charge is 2.13. The summed E-state index contributed by atoms with van der Waals surface area (Å²) in [5.41, 5.74) is 1.36. The summed E-state index contributed by atoms with van der Waals surface area (Å²) in [5, 5.41) is 8.13. The van der Waals surface area contributed by atoms with Crippen LogP contribution in [0.3, 0.4) is 0 Å². The SMILES string of the molecule is CC[C@@H](COC(=O)Nc1ccccc1)NC(=O)Nc1ccccc1. The Morgan fingerprint density at radius 3 is 2.00 bits per heavy atom. The number of rotatable bonds is 6. The van der Waals surface area contributed by atoms with Gasteiger partial charge in [-0.05, 0) is 30.7 Å². The second kappa shape index (κ2) is 9.19. The van der Waals surface area contributed by atoms with Gasteiger partial charge in [0.25, 0.3) is 0 Å². The Morgan fingerprint density at radius 1 is 0.917 bits per heavy atom. The first-order chi connectivity index (χ1) is 11.7. The highest BCUT2D eigenvalue weighted by Crippen LogP contribution is 2.06. The molecule has 0 aliphatic heterocycles. The van der Waals surface area contributed by atoms with Gasteiger partial charge in [-0.3, -0.25) is 5.32 Å². The Kier molecular flexibility index (Phi) is 6.64. The molecule has 0 spiro atoms. The largest absolute Gasteiger partial charge is 0.447 e. The van der Waals surface area contributed by atoms with Crippen molar-refractivity contribution in [3.8, 4) is 0 Å². The molecule has 2 aromatic rings. The Hall–Kier alpha value is -3.02. The molecule has 0 aromatic heterocycles. The molecular formula is C18H21N3O3. The normalized spacial score (nSPS) is 11.2. The van der Waals surface area contributed by atoms with Gasteiger partial charge >= 0.3 is 12.1 Å². The molecule has 0 aliphatic carbocycles. The van der Waals surface area contributed by atoms with Gasteiger partial charge in [0, 0.05) is 11.4 Å². The Bertz CT molecular complexity index is 647. The number of urea groups is 1. The van der Waals surface area contributed by atoms with Gasteiger partial charge in [-0.25, -0.2) is 9.59 Å². The number of benzene rings is 2. The first-order valence-electron chi connectivity index (χ1n) is 7.78. The van der Waals surface area contributed by atoms with Crippen LogP contribution < -0.4 is 16.0 Å². The summed E-state index contributed by atoms with van der Waals surface area (Å²) in [7, 11) is 0. The zero-order chi connectivity index (χ0) is 17.2. The number of para-hydroxylation sites is 2. The molecule has 0 fully saturated rings. The van der Waals surface area contributed by atoms with Crippen molar-refractivity contribution >= 4 is 23.5 Å². The average Bonchev–Trinajstić information content (AvgIpc) is 2.60. The quantitative estimate of drug-likeness (QED) is 0.754. The van der Waals surface area contributed by atoms with E-state index >= 15 is 0 Å². The molecule has 0 unspecified atom stereocenters. The lowest BCUT2D eigenvalue weighted by Gasteiger charge is -2.17. The van der Waals surface area contributed by atoms with Crippen molar-refractivity contribution in [3.05, 3.63) is 60.7 Å². The molecule has 0 saturated heterocycles. The smallest absolute Gasteiger partial charge is 0.411 e. The van der Waals surface area contributed by atoms with E-state index in [1.54, 1.807) is 24.3 Å². The fraction of sp³-hybridized carbons (Fsp3) is 0.222. The maximum Gasteiger partial charge on any atom is 0.411 e. The number of anilines is 2. The Labute approximate surface area is 141 Å². The highest BCUT2D eigenvalue weighted by molar-refractivity contribution is 5.89. The minimum atomic E-state index is -0.551. The number of ether oxygens (including phenoxy) is 1. The van der Waals surface area contributed by atoms with E-state index in [1.807, 2.05) is 43.3 Å². The molecule has 0 aliphatic rings. The van der Waals surface area contributed by atoms with E-state index < -0.39 is 6.09 Å². The second-order valence-electron chi connectivity index (χ2n) is 5.16. The number of carbonyl (C=O) groups excluding carboxylic acids is 2. The average molecular weight is 327 g/mol. The zero-order valence-corrected chi connectivity index (χ0v) is 13.5. The second-order valence-corrected chi connectivity index (χ2v) is 5.16. The molecular weight excluding hydrogens is 306 g/mol.